The predicted molar refractivity (Wildman–Crippen MR) is 64.9 cm³/mol. The Balaban J connectivity index is 2.95. The lowest BCUT2D eigenvalue weighted by atomic mass is 10.1. The van der Waals surface area contributed by atoms with E-state index in [0.717, 1.165) is 6.07 Å². The maximum Gasteiger partial charge on any atom is 0.419 e. The van der Waals surface area contributed by atoms with Crippen LogP contribution < -0.4 is 10.1 Å². The summed E-state index contributed by atoms with van der Waals surface area (Å²) in [7, 11) is 0. The zero-order valence-electron chi connectivity index (χ0n) is 10.9. The smallest absolute Gasteiger partial charge is 0.419 e. The largest absolute Gasteiger partial charge is 0.490 e. The molecule has 0 amide bonds. The van der Waals surface area contributed by atoms with Gasteiger partial charge in [-0.2, -0.15) is 13.2 Å². The fourth-order valence-corrected chi connectivity index (χ4v) is 1.50. The van der Waals surface area contributed by atoms with Gasteiger partial charge < -0.3 is 10.1 Å². The van der Waals surface area contributed by atoms with Crippen LogP contribution in [-0.4, -0.2) is 19.3 Å². The van der Waals surface area contributed by atoms with Gasteiger partial charge in [0.05, 0.1) is 5.56 Å². The van der Waals surface area contributed by atoms with E-state index in [1.165, 1.54) is 12.1 Å². The summed E-state index contributed by atoms with van der Waals surface area (Å²) in [6, 6.07) is 3.98. The van der Waals surface area contributed by atoms with Crippen molar-refractivity contribution < 1.29 is 22.3 Å². The molecular formula is C13H17F4NO. The molecule has 6 heteroatoms. The summed E-state index contributed by atoms with van der Waals surface area (Å²) in [5.41, 5.74) is -0.363. The van der Waals surface area contributed by atoms with Crippen LogP contribution in [-0.2, 0) is 12.7 Å². The number of alkyl halides is 4. The Morgan fingerprint density at radius 1 is 1.26 bits per heavy atom. The third-order valence-electron chi connectivity index (χ3n) is 2.40. The summed E-state index contributed by atoms with van der Waals surface area (Å²) in [5, 5.41) is 3.03. The van der Waals surface area contributed by atoms with Gasteiger partial charge in [0.1, 0.15) is 19.0 Å². The SMILES string of the molecule is CC(C)NCc1ccc(OCCF)c(C(F)(F)F)c1. The predicted octanol–water partition coefficient (Wildman–Crippen LogP) is 3.55. The minimum atomic E-state index is -4.51. The van der Waals surface area contributed by atoms with E-state index >= 15 is 0 Å². The molecule has 0 bridgehead atoms. The molecule has 1 N–H and O–H groups in total. The summed E-state index contributed by atoms with van der Waals surface area (Å²) in [6.07, 6.45) is -4.51. The summed E-state index contributed by atoms with van der Waals surface area (Å²) >= 11 is 0. The third-order valence-corrected chi connectivity index (χ3v) is 2.40. The third kappa shape index (κ3) is 5.06. The summed E-state index contributed by atoms with van der Waals surface area (Å²) in [4.78, 5) is 0. The highest BCUT2D eigenvalue weighted by molar-refractivity contribution is 5.39. The average Bonchev–Trinajstić information content (AvgIpc) is 2.33. The van der Waals surface area contributed by atoms with Gasteiger partial charge in [-0.15, -0.1) is 0 Å². The van der Waals surface area contributed by atoms with Crippen molar-refractivity contribution >= 4 is 0 Å². The quantitative estimate of drug-likeness (QED) is 0.804. The van der Waals surface area contributed by atoms with E-state index in [0.29, 0.717) is 12.1 Å². The van der Waals surface area contributed by atoms with Crippen LogP contribution in [0.5, 0.6) is 5.75 Å². The van der Waals surface area contributed by atoms with E-state index in [1.807, 2.05) is 13.8 Å². The highest BCUT2D eigenvalue weighted by atomic mass is 19.4. The molecule has 0 saturated carbocycles. The van der Waals surface area contributed by atoms with Gasteiger partial charge in [0, 0.05) is 12.6 Å². The van der Waals surface area contributed by atoms with Crippen LogP contribution in [0.2, 0.25) is 0 Å². The number of hydrogen-bond acceptors (Lipinski definition) is 2. The molecule has 108 valence electrons. The molecule has 0 atom stereocenters. The van der Waals surface area contributed by atoms with E-state index in [-0.39, 0.29) is 18.4 Å². The van der Waals surface area contributed by atoms with Gasteiger partial charge in [0.15, 0.2) is 0 Å². The van der Waals surface area contributed by atoms with Gasteiger partial charge >= 0.3 is 6.18 Å². The number of benzene rings is 1. The Hall–Kier alpha value is -1.30. The molecule has 2 nitrogen and oxygen atoms in total. The van der Waals surface area contributed by atoms with Crippen molar-refractivity contribution in [3.63, 3.8) is 0 Å². The fraction of sp³-hybridized carbons (Fsp3) is 0.538. The number of nitrogens with one attached hydrogen (secondary N) is 1. The van der Waals surface area contributed by atoms with E-state index in [9.17, 15) is 17.6 Å². The molecule has 0 aliphatic rings. The van der Waals surface area contributed by atoms with Crippen molar-refractivity contribution in [2.75, 3.05) is 13.3 Å². The Kier molecular flexibility index (Phi) is 5.60. The lowest BCUT2D eigenvalue weighted by molar-refractivity contribution is -0.139. The number of ether oxygens (including phenoxy) is 1. The first-order chi connectivity index (χ1) is 8.84. The molecule has 19 heavy (non-hydrogen) atoms. The second-order valence-corrected chi connectivity index (χ2v) is 4.40. The van der Waals surface area contributed by atoms with Crippen molar-refractivity contribution in [3.05, 3.63) is 29.3 Å². The Labute approximate surface area is 109 Å². The number of halogens is 4. The summed E-state index contributed by atoms with van der Waals surface area (Å²) in [5.74, 6) is -0.335. The molecule has 0 fully saturated rings. The normalized spacial score (nSPS) is 11.9. The van der Waals surface area contributed by atoms with Crippen LogP contribution in [0.3, 0.4) is 0 Å². The number of hydrogen-bond donors (Lipinski definition) is 1. The van der Waals surface area contributed by atoms with Crippen LogP contribution in [0, 0.1) is 0 Å². The minimum Gasteiger partial charge on any atom is -0.490 e. The lowest BCUT2D eigenvalue weighted by Crippen LogP contribution is -2.22. The zero-order chi connectivity index (χ0) is 14.5. The van der Waals surface area contributed by atoms with Gasteiger partial charge in [-0.1, -0.05) is 19.9 Å². The molecule has 1 aromatic rings. The summed E-state index contributed by atoms with van der Waals surface area (Å²) < 4.78 is 55.3. The molecule has 1 aromatic carbocycles. The van der Waals surface area contributed by atoms with Gasteiger partial charge in [0.25, 0.3) is 0 Å². The molecule has 0 radical (unpaired) electrons. The Morgan fingerprint density at radius 3 is 2.47 bits per heavy atom. The summed E-state index contributed by atoms with van der Waals surface area (Å²) in [6.45, 7) is 2.94. The highest BCUT2D eigenvalue weighted by Gasteiger charge is 2.34. The van der Waals surface area contributed by atoms with Gasteiger partial charge in [-0.25, -0.2) is 4.39 Å². The topological polar surface area (TPSA) is 21.3 Å². The molecule has 0 heterocycles. The van der Waals surface area contributed by atoms with Crippen LogP contribution in [0.15, 0.2) is 18.2 Å². The van der Waals surface area contributed by atoms with Crippen molar-refractivity contribution in [2.45, 2.75) is 32.6 Å². The average molecular weight is 279 g/mol. The van der Waals surface area contributed by atoms with E-state index in [2.05, 4.69) is 5.32 Å². The zero-order valence-corrected chi connectivity index (χ0v) is 10.9. The molecule has 0 aromatic heterocycles. The maximum absolute atomic E-state index is 12.9. The van der Waals surface area contributed by atoms with Gasteiger partial charge in [0.2, 0.25) is 0 Å². The molecule has 0 saturated heterocycles. The van der Waals surface area contributed by atoms with Gasteiger partial charge in [-0.3, -0.25) is 0 Å². The molecule has 1 rings (SSSR count). The first-order valence-electron chi connectivity index (χ1n) is 5.97. The molecule has 0 spiro atoms. The van der Waals surface area contributed by atoms with Crippen molar-refractivity contribution in [1.29, 1.82) is 0 Å². The Morgan fingerprint density at radius 2 is 1.95 bits per heavy atom. The lowest BCUT2D eigenvalue weighted by Gasteiger charge is -2.15. The van der Waals surface area contributed by atoms with Gasteiger partial charge in [-0.05, 0) is 17.7 Å². The van der Waals surface area contributed by atoms with Crippen LogP contribution in [0.25, 0.3) is 0 Å². The molecular weight excluding hydrogens is 262 g/mol. The maximum atomic E-state index is 12.9. The van der Waals surface area contributed by atoms with Crippen LogP contribution >= 0.6 is 0 Å². The number of rotatable bonds is 6. The van der Waals surface area contributed by atoms with E-state index in [1.54, 1.807) is 0 Å². The van der Waals surface area contributed by atoms with Crippen molar-refractivity contribution in [3.8, 4) is 5.75 Å². The molecule has 0 aliphatic heterocycles. The second kappa shape index (κ2) is 6.75. The van der Waals surface area contributed by atoms with Crippen molar-refractivity contribution in [1.82, 2.24) is 5.32 Å². The fourth-order valence-electron chi connectivity index (χ4n) is 1.50. The van der Waals surface area contributed by atoms with E-state index in [4.69, 9.17) is 4.74 Å². The first kappa shape index (κ1) is 15.8. The first-order valence-corrected chi connectivity index (χ1v) is 5.97. The highest BCUT2D eigenvalue weighted by Crippen LogP contribution is 2.36. The Bertz CT molecular complexity index is 404. The second-order valence-electron chi connectivity index (χ2n) is 4.40. The monoisotopic (exact) mass is 279 g/mol. The minimum absolute atomic E-state index is 0.178. The van der Waals surface area contributed by atoms with Crippen LogP contribution in [0.1, 0.15) is 25.0 Å². The van der Waals surface area contributed by atoms with Crippen molar-refractivity contribution in [2.24, 2.45) is 0 Å². The van der Waals surface area contributed by atoms with E-state index < -0.39 is 18.4 Å². The molecule has 0 aliphatic carbocycles. The molecule has 0 unspecified atom stereocenters. The van der Waals surface area contributed by atoms with Crippen LogP contribution in [0.4, 0.5) is 17.6 Å². The standard InChI is InChI=1S/C13H17F4NO/c1-9(2)18-8-10-3-4-12(19-6-5-14)11(7-10)13(15,16)17/h3-4,7,9,18H,5-6,8H2,1-2H3.